The van der Waals surface area contributed by atoms with E-state index in [2.05, 4.69) is 39.9 Å². The molecule has 0 saturated carbocycles. The van der Waals surface area contributed by atoms with E-state index in [4.69, 9.17) is 5.26 Å². The zero-order valence-corrected chi connectivity index (χ0v) is 15.6. The van der Waals surface area contributed by atoms with Gasteiger partial charge in [0.2, 0.25) is 0 Å². The van der Waals surface area contributed by atoms with Crippen molar-refractivity contribution in [3.63, 3.8) is 0 Å². The Morgan fingerprint density at radius 1 is 0.839 bits per heavy atom. The molecule has 5 heterocycles. The second kappa shape index (κ2) is 7.12. The topological polar surface area (TPSA) is 170 Å². The van der Waals surface area contributed by atoms with E-state index in [-0.39, 0.29) is 0 Å². The van der Waals surface area contributed by atoms with Gasteiger partial charge in [-0.1, -0.05) is 0 Å². The number of aliphatic carboxylic acids is 1. The van der Waals surface area contributed by atoms with E-state index >= 15 is 0 Å². The number of carboxylic acids is 1. The third-order valence-corrected chi connectivity index (χ3v) is 4.27. The van der Waals surface area contributed by atoms with Crippen LogP contribution in [0.4, 0.5) is 0 Å². The van der Waals surface area contributed by atoms with Gasteiger partial charge in [-0.25, -0.2) is 34.7 Å². The van der Waals surface area contributed by atoms with E-state index in [0.717, 1.165) is 0 Å². The standard InChI is InChI=1S/C20H11N9O2/c21-9-11(20(30)31)7-10-8-18-27-16-4-3-14(25-16)23-12-1-2-13(22-12)24-15-5-6-17(26-15)28-19(10)29-18/h1-8H,(H,30,31)(H2,22,23,24,25,26,27,28,29)/b11-7+. The van der Waals surface area contributed by atoms with Crippen molar-refractivity contribution in [3.05, 3.63) is 52.6 Å². The molecule has 0 aromatic carbocycles. The van der Waals surface area contributed by atoms with Crippen LogP contribution >= 0.6 is 0 Å². The maximum absolute atomic E-state index is 11.3. The summed E-state index contributed by atoms with van der Waals surface area (Å²) in [6.07, 6.45) is 8.00. The molecule has 0 unspecified atom stereocenters. The van der Waals surface area contributed by atoms with Gasteiger partial charge in [0.1, 0.15) is 34.2 Å². The van der Waals surface area contributed by atoms with Crippen LogP contribution < -0.4 is 0 Å². The maximum Gasteiger partial charge on any atom is 0.346 e. The molecule has 0 spiro atoms. The van der Waals surface area contributed by atoms with E-state index in [1.807, 2.05) is 0 Å². The highest BCUT2D eigenvalue weighted by Crippen LogP contribution is 2.17. The first-order valence-corrected chi connectivity index (χ1v) is 8.97. The minimum atomic E-state index is -1.34. The average molecular weight is 409 g/mol. The number of aromatic nitrogens is 8. The number of hydrogen-bond acceptors (Lipinski definition) is 8. The lowest BCUT2D eigenvalue weighted by Crippen LogP contribution is -1.97. The molecule has 3 aromatic rings. The fraction of sp³-hybridized carbons (Fsp3) is 0. The summed E-state index contributed by atoms with van der Waals surface area (Å²) in [5.74, 6) is 0.311. The van der Waals surface area contributed by atoms with Gasteiger partial charge in [0.15, 0.2) is 23.3 Å². The van der Waals surface area contributed by atoms with Gasteiger partial charge in [-0.05, 0) is 48.6 Å². The van der Waals surface area contributed by atoms with Crippen molar-refractivity contribution in [1.29, 1.82) is 5.26 Å². The Bertz CT molecular complexity index is 1530. The zero-order valence-electron chi connectivity index (χ0n) is 15.6. The van der Waals surface area contributed by atoms with Gasteiger partial charge in [-0.3, -0.25) is 0 Å². The predicted octanol–water partition coefficient (Wildman–Crippen LogP) is 2.23. The van der Waals surface area contributed by atoms with Gasteiger partial charge >= 0.3 is 5.97 Å². The van der Waals surface area contributed by atoms with Gasteiger partial charge in [0.25, 0.3) is 0 Å². The van der Waals surface area contributed by atoms with Crippen LogP contribution in [0.5, 0.6) is 0 Å². The Kier molecular flexibility index (Phi) is 4.15. The molecule has 0 amide bonds. The lowest BCUT2D eigenvalue weighted by Gasteiger charge is -1.90. The van der Waals surface area contributed by atoms with Crippen molar-refractivity contribution < 1.29 is 9.90 Å². The Morgan fingerprint density at radius 3 is 1.94 bits per heavy atom. The lowest BCUT2D eigenvalue weighted by molar-refractivity contribution is -0.132. The second-order valence-corrected chi connectivity index (χ2v) is 6.43. The number of aromatic amines is 2. The molecule has 31 heavy (non-hydrogen) atoms. The quantitative estimate of drug-likeness (QED) is 0.292. The Hall–Kier alpha value is -4.98. The van der Waals surface area contributed by atoms with Crippen LogP contribution in [0.15, 0.2) is 23.8 Å². The van der Waals surface area contributed by atoms with Gasteiger partial charge < -0.3 is 15.1 Å². The largest absolute Gasteiger partial charge is 0.477 e. The molecule has 0 radical (unpaired) electrons. The Morgan fingerprint density at radius 2 is 1.39 bits per heavy atom. The minimum absolute atomic E-state index is 0.295. The molecule has 0 atom stereocenters. The summed E-state index contributed by atoms with van der Waals surface area (Å²) in [7, 11) is 0. The van der Waals surface area contributed by atoms with Crippen LogP contribution in [-0.4, -0.2) is 50.9 Å². The third-order valence-electron chi connectivity index (χ3n) is 4.27. The smallest absolute Gasteiger partial charge is 0.346 e. The normalized spacial score (nSPS) is 12.7. The molecule has 0 saturated heterocycles. The van der Waals surface area contributed by atoms with Crippen LogP contribution in [-0.2, 0) is 4.79 Å². The summed E-state index contributed by atoms with van der Waals surface area (Å²) >= 11 is 0. The Balaban J connectivity index is 1.83. The monoisotopic (exact) mass is 409 g/mol. The third kappa shape index (κ3) is 3.68. The summed E-state index contributed by atoms with van der Waals surface area (Å²) in [6.45, 7) is 0. The summed E-state index contributed by atoms with van der Waals surface area (Å²) < 4.78 is 0. The zero-order chi connectivity index (χ0) is 21.4. The minimum Gasteiger partial charge on any atom is -0.477 e. The molecule has 2 aliphatic rings. The number of hydrogen-bond donors (Lipinski definition) is 3. The number of fused-ring (bicyclic) bond motifs is 8. The van der Waals surface area contributed by atoms with Crippen molar-refractivity contribution in [1.82, 2.24) is 39.9 Å². The number of carboxylic acid groups (broad SMARTS) is 1. The SMILES string of the molecule is N#C/C(=C\c1cc2nc3nc(nc4ccc(nc5nc(nc1[nH]2)C=C5)[nH]4)C=C3)C(=O)O. The molecule has 3 N–H and O–H groups in total. The molecule has 5 rings (SSSR count). The van der Waals surface area contributed by atoms with Crippen LogP contribution in [0.1, 0.15) is 28.9 Å². The first kappa shape index (κ1) is 18.1. The molecule has 0 aliphatic carbocycles. The molecular formula is C20H11N9O2. The van der Waals surface area contributed by atoms with Gasteiger partial charge in [-0.2, -0.15) is 5.26 Å². The van der Waals surface area contributed by atoms with Crippen molar-refractivity contribution in [2.45, 2.75) is 0 Å². The molecule has 148 valence electrons. The maximum atomic E-state index is 11.3. The van der Waals surface area contributed by atoms with Crippen LogP contribution in [0, 0.1) is 11.3 Å². The van der Waals surface area contributed by atoms with Crippen LogP contribution in [0.3, 0.4) is 0 Å². The average Bonchev–Trinajstić information content (AvgIpc) is 3.51. The highest BCUT2D eigenvalue weighted by Gasteiger charge is 2.10. The molecule has 11 nitrogen and oxygen atoms in total. The molecular weight excluding hydrogens is 398 g/mol. The number of H-pyrrole nitrogens is 2. The highest BCUT2D eigenvalue weighted by molar-refractivity contribution is 5.97. The van der Waals surface area contributed by atoms with Gasteiger partial charge in [0.05, 0.1) is 0 Å². The van der Waals surface area contributed by atoms with Crippen LogP contribution in [0.2, 0.25) is 0 Å². The number of carbonyl (C=O) groups is 1. The van der Waals surface area contributed by atoms with Crippen molar-refractivity contribution in [3.8, 4) is 6.07 Å². The number of nitrogens with zero attached hydrogens (tertiary/aromatic N) is 7. The molecule has 2 aliphatic heterocycles. The van der Waals surface area contributed by atoms with Gasteiger partial charge in [0, 0.05) is 5.56 Å². The fourth-order valence-corrected chi connectivity index (χ4v) is 2.92. The second-order valence-electron chi connectivity index (χ2n) is 6.43. The summed E-state index contributed by atoms with van der Waals surface area (Å²) in [5, 5.41) is 18.3. The predicted molar refractivity (Wildman–Crippen MR) is 111 cm³/mol. The summed E-state index contributed by atoms with van der Waals surface area (Å²) in [5.41, 5.74) is 1.76. The van der Waals surface area contributed by atoms with E-state index in [1.165, 1.54) is 6.08 Å². The molecule has 3 aromatic heterocycles. The fourth-order valence-electron chi connectivity index (χ4n) is 2.92. The van der Waals surface area contributed by atoms with Crippen molar-refractivity contribution in [2.24, 2.45) is 0 Å². The number of nitriles is 1. The van der Waals surface area contributed by atoms with Crippen molar-refractivity contribution >= 4 is 58.9 Å². The summed E-state index contributed by atoms with van der Waals surface area (Å²) in [6, 6.07) is 6.78. The van der Waals surface area contributed by atoms with Crippen molar-refractivity contribution in [2.75, 3.05) is 0 Å². The van der Waals surface area contributed by atoms with E-state index in [1.54, 1.807) is 48.6 Å². The van der Waals surface area contributed by atoms with Crippen LogP contribution in [0.25, 0.3) is 53.0 Å². The van der Waals surface area contributed by atoms with E-state index in [0.29, 0.717) is 51.4 Å². The number of nitrogens with one attached hydrogen (secondary N) is 2. The first-order chi connectivity index (χ1) is 15.1. The summed E-state index contributed by atoms with van der Waals surface area (Å²) in [4.78, 5) is 43.7. The molecule has 11 heteroatoms. The molecule has 0 fully saturated rings. The lowest BCUT2D eigenvalue weighted by atomic mass is 10.2. The van der Waals surface area contributed by atoms with Gasteiger partial charge in [-0.15, -0.1) is 0 Å². The highest BCUT2D eigenvalue weighted by atomic mass is 16.4. The first-order valence-electron chi connectivity index (χ1n) is 8.97. The molecule has 8 bridgehead atoms. The number of rotatable bonds is 2. The van der Waals surface area contributed by atoms with E-state index < -0.39 is 11.5 Å². The van der Waals surface area contributed by atoms with E-state index in [9.17, 15) is 9.90 Å². The Labute approximate surface area is 173 Å².